The predicted octanol–water partition coefficient (Wildman–Crippen LogP) is 2.67. The average Bonchev–Trinajstić information content (AvgIpc) is 2.43. The van der Waals surface area contributed by atoms with Gasteiger partial charge in [-0.1, -0.05) is 12.8 Å². The highest BCUT2D eigenvalue weighted by Crippen LogP contribution is 2.30. The van der Waals surface area contributed by atoms with Gasteiger partial charge < -0.3 is 9.84 Å². The van der Waals surface area contributed by atoms with E-state index in [-0.39, 0.29) is 11.6 Å². The zero-order chi connectivity index (χ0) is 13.2. The van der Waals surface area contributed by atoms with Crippen molar-refractivity contribution in [2.24, 2.45) is 0 Å². The molecule has 1 N–H and O–H groups in total. The van der Waals surface area contributed by atoms with Gasteiger partial charge in [-0.25, -0.2) is 4.39 Å². The summed E-state index contributed by atoms with van der Waals surface area (Å²) in [5.74, 6) is -0.110. The lowest BCUT2D eigenvalue weighted by molar-refractivity contribution is -0.0912. The Bertz CT molecular complexity index is 450. The first-order valence-corrected chi connectivity index (χ1v) is 7.07. The number of rotatable bonds is 2. The van der Waals surface area contributed by atoms with Crippen LogP contribution in [0.25, 0.3) is 0 Å². The quantitative estimate of drug-likeness (QED) is 0.892. The Hall–Kier alpha value is -1.13. The number of benzene rings is 1. The highest BCUT2D eigenvalue weighted by Gasteiger charge is 2.34. The van der Waals surface area contributed by atoms with Gasteiger partial charge in [0.25, 0.3) is 0 Å². The molecule has 104 valence electrons. The third kappa shape index (κ3) is 2.74. The molecule has 1 heterocycles. The van der Waals surface area contributed by atoms with Gasteiger partial charge >= 0.3 is 0 Å². The second-order valence-electron chi connectivity index (χ2n) is 5.50. The minimum Gasteiger partial charge on any atom is -0.508 e. The summed E-state index contributed by atoms with van der Waals surface area (Å²) < 4.78 is 19.1. The van der Waals surface area contributed by atoms with E-state index in [0.717, 1.165) is 26.0 Å². The van der Waals surface area contributed by atoms with Crippen molar-refractivity contribution in [2.75, 3.05) is 13.2 Å². The molecule has 2 atom stereocenters. The van der Waals surface area contributed by atoms with Gasteiger partial charge in [-0.3, -0.25) is 4.90 Å². The van der Waals surface area contributed by atoms with Crippen LogP contribution in [0, 0.1) is 5.82 Å². The molecule has 0 radical (unpaired) electrons. The molecule has 1 saturated carbocycles. The van der Waals surface area contributed by atoms with Crippen LogP contribution in [-0.2, 0) is 11.3 Å². The molecular formula is C15H20FNO2. The van der Waals surface area contributed by atoms with Crippen LogP contribution in [0.5, 0.6) is 5.75 Å². The zero-order valence-electron chi connectivity index (χ0n) is 11.0. The Kier molecular flexibility index (Phi) is 3.71. The van der Waals surface area contributed by atoms with Crippen LogP contribution in [0.1, 0.15) is 31.2 Å². The number of hydrogen-bond donors (Lipinski definition) is 1. The molecule has 1 aliphatic carbocycles. The van der Waals surface area contributed by atoms with Crippen molar-refractivity contribution in [1.29, 1.82) is 0 Å². The number of hydrogen-bond acceptors (Lipinski definition) is 3. The number of halogens is 1. The standard InChI is InChI=1S/C15H20FNO2/c16-12-5-6-14(18)11(9-12)10-17-7-8-19-15-4-2-1-3-13(15)17/h5-6,9,13,15,18H,1-4,7-8,10H2. The molecule has 0 bridgehead atoms. The number of ether oxygens (including phenoxy) is 1. The molecule has 3 rings (SSSR count). The second-order valence-corrected chi connectivity index (χ2v) is 5.50. The normalized spacial score (nSPS) is 28.1. The molecule has 2 fully saturated rings. The number of aromatic hydroxyl groups is 1. The maximum absolute atomic E-state index is 13.3. The first-order chi connectivity index (χ1) is 9.24. The fourth-order valence-corrected chi connectivity index (χ4v) is 3.27. The van der Waals surface area contributed by atoms with Gasteiger partial charge in [0.15, 0.2) is 0 Å². The Morgan fingerprint density at radius 2 is 2.16 bits per heavy atom. The largest absolute Gasteiger partial charge is 0.508 e. The first kappa shape index (κ1) is 12.9. The number of nitrogens with zero attached hydrogens (tertiary/aromatic N) is 1. The fraction of sp³-hybridized carbons (Fsp3) is 0.600. The summed E-state index contributed by atoms with van der Waals surface area (Å²) in [4.78, 5) is 2.34. The van der Waals surface area contributed by atoms with E-state index in [4.69, 9.17) is 4.74 Å². The van der Waals surface area contributed by atoms with Gasteiger partial charge in [0.1, 0.15) is 11.6 Å². The molecule has 2 aliphatic rings. The van der Waals surface area contributed by atoms with Gasteiger partial charge in [0.05, 0.1) is 12.7 Å². The van der Waals surface area contributed by atoms with Crippen LogP contribution in [0.3, 0.4) is 0 Å². The monoisotopic (exact) mass is 265 g/mol. The average molecular weight is 265 g/mol. The minimum atomic E-state index is -0.291. The van der Waals surface area contributed by atoms with Crippen molar-refractivity contribution in [2.45, 2.75) is 44.4 Å². The highest BCUT2D eigenvalue weighted by atomic mass is 19.1. The van der Waals surface area contributed by atoms with Crippen molar-refractivity contribution in [1.82, 2.24) is 4.90 Å². The first-order valence-electron chi connectivity index (χ1n) is 7.07. The number of phenolic OH excluding ortho intramolecular Hbond substituents is 1. The molecule has 0 aromatic heterocycles. The summed E-state index contributed by atoms with van der Waals surface area (Å²) in [5.41, 5.74) is 0.672. The molecule has 1 aromatic rings. The van der Waals surface area contributed by atoms with Crippen LogP contribution in [-0.4, -0.2) is 35.3 Å². The Morgan fingerprint density at radius 3 is 3.05 bits per heavy atom. The summed E-state index contributed by atoms with van der Waals surface area (Å²) in [6.07, 6.45) is 5.05. The summed E-state index contributed by atoms with van der Waals surface area (Å²) in [6, 6.07) is 4.58. The van der Waals surface area contributed by atoms with Gasteiger partial charge in [0.2, 0.25) is 0 Å². The van der Waals surface area contributed by atoms with E-state index in [1.54, 1.807) is 0 Å². The van der Waals surface area contributed by atoms with E-state index in [1.165, 1.54) is 31.0 Å². The molecule has 0 spiro atoms. The van der Waals surface area contributed by atoms with Gasteiger partial charge in [-0.2, -0.15) is 0 Å². The number of fused-ring (bicyclic) bond motifs is 1. The van der Waals surface area contributed by atoms with Crippen molar-refractivity contribution in [3.05, 3.63) is 29.6 Å². The lowest BCUT2D eigenvalue weighted by Crippen LogP contribution is -2.52. The van der Waals surface area contributed by atoms with Crippen molar-refractivity contribution >= 4 is 0 Å². The number of phenols is 1. The van der Waals surface area contributed by atoms with E-state index in [1.807, 2.05) is 0 Å². The van der Waals surface area contributed by atoms with E-state index in [2.05, 4.69) is 4.90 Å². The van der Waals surface area contributed by atoms with Crippen LogP contribution in [0.2, 0.25) is 0 Å². The zero-order valence-corrected chi connectivity index (χ0v) is 11.0. The SMILES string of the molecule is Oc1ccc(F)cc1CN1CCOC2CCCCC21. The van der Waals surface area contributed by atoms with Crippen molar-refractivity contribution in [3.63, 3.8) is 0 Å². The van der Waals surface area contributed by atoms with Gasteiger partial charge in [0, 0.05) is 24.7 Å². The van der Waals surface area contributed by atoms with Crippen LogP contribution in [0.4, 0.5) is 4.39 Å². The lowest BCUT2D eigenvalue weighted by Gasteiger charge is -2.43. The Morgan fingerprint density at radius 1 is 1.32 bits per heavy atom. The minimum absolute atomic E-state index is 0.181. The summed E-state index contributed by atoms with van der Waals surface area (Å²) >= 11 is 0. The van der Waals surface area contributed by atoms with Gasteiger partial charge in [-0.05, 0) is 31.0 Å². The summed E-state index contributed by atoms with van der Waals surface area (Å²) in [5, 5.41) is 9.84. The van der Waals surface area contributed by atoms with Crippen LogP contribution >= 0.6 is 0 Å². The van der Waals surface area contributed by atoms with Crippen LogP contribution in [0.15, 0.2) is 18.2 Å². The highest BCUT2D eigenvalue weighted by molar-refractivity contribution is 5.32. The van der Waals surface area contributed by atoms with Crippen molar-refractivity contribution in [3.8, 4) is 5.75 Å². The van der Waals surface area contributed by atoms with E-state index in [9.17, 15) is 9.50 Å². The van der Waals surface area contributed by atoms with E-state index >= 15 is 0 Å². The molecule has 1 aromatic carbocycles. The molecule has 2 unspecified atom stereocenters. The molecule has 0 amide bonds. The molecule has 1 saturated heterocycles. The lowest BCUT2D eigenvalue weighted by atomic mass is 9.90. The van der Waals surface area contributed by atoms with Gasteiger partial charge in [-0.15, -0.1) is 0 Å². The Labute approximate surface area is 113 Å². The molecular weight excluding hydrogens is 245 g/mol. The maximum Gasteiger partial charge on any atom is 0.123 e. The predicted molar refractivity (Wildman–Crippen MR) is 70.5 cm³/mol. The smallest absolute Gasteiger partial charge is 0.123 e. The van der Waals surface area contributed by atoms with Crippen LogP contribution < -0.4 is 0 Å². The fourth-order valence-electron chi connectivity index (χ4n) is 3.27. The van der Waals surface area contributed by atoms with E-state index < -0.39 is 0 Å². The second kappa shape index (κ2) is 5.47. The summed E-state index contributed by atoms with van der Waals surface area (Å²) in [6.45, 7) is 2.20. The van der Waals surface area contributed by atoms with E-state index in [0.29, 0.717) is 24.3 Å². The maximum atomic E-state index is 13.3. The third-order valence-corrected chi connectivity index (χ3v) is 4.26. The topological polar surface area (TPSA) is 32.7 Å². The molecule has 1 aliphatic heterocycles. The summed E-state index contributed by atoms with van der Waals surface area (Å²) in [7, 11) is 0. The Balaban J connectivity index is 1.75. The number of morpholine rings is 1. The molecule has 4 heteroatoms. The molecule has 19 heavy (non-hydrogen) atoms. The third-order valence-electron chi connectivity index (χ3n) is 4.26. The molecule has 3 nitrogen and oxygen atoms in total. The van der Waals surface area contributed by atoms with Crippen molar-refractivity contribution < 1.29 is 14.2 Å².